The van der Waals surface area contributed by atoms with E-state index in [9.17, 15) is 4.79 Å². The number of aromatic nitrogens is 1. The lowest BCUT2D eigenvalue weighted by Crippen LogP contribution is -2.53. The van der Waals surface area contributed by atoms with Crippen LogP contribution in [0.4, 0.5) is 0 Å². The molecule has 0 atom stereocenters. The maximum Gasteiger partial charge on any atom is 0.228 e. The Kier molecular flexibility index (Phi) is 2.92. The predicted octanol–water partition coefficient (Wildman–Crippen LogP) is 3.16. The van der Waals surface area contributed by atoms with Gasteiger partial charge >= 0.3 is 0 Å². The van der Waals surface area contributed by atoms with Gasteiger partial charge in [-0.2, -0.15) is 0 Å². The van der Waals surface area contributed by atoms with Crippen LogP contribution < -0.4 is 0 Å². The van der Waals surface area contributed by atoms with Gasteiger partial charge in [0.05, 0.1) is 12.0 Å². The highest BCUT2D eigenvalue weighted by atomic mass is 16.5. The number of hydrogen-bond donors (Lipinski definition) is 0. The zero-order valence-electron chi connectivity index (χ0n) is 13.0. The van der Waals surface area contributed by atoms with Crippen molar-refractivity contribution < 1.29 is 9.32 Å². The molecule has 114 valence electrons. The summed E-state index contributed by atoms with van der Waals surface area (Å²) < 4.78 is 5.11. The molecule has 21 heavy (non-hydrogen) atoms. The van der Waals surface area contributed by atoms with Crippen molar-refractivity contribution in [1.29, 1.82) is 0 Å². The molecule has 1 aromatic heterocycles. The Bertz CT molecular complexity index is 528. The summed E-state index contributed by atoms with van der Waals surface area (Å²) in [4.78, 5) is 15.0. The molecule has 1 heterocycles. The van der Waals surface area contributed by atoms with Crippen LogP contribution in [0, 0.1) is 30.1 Å². The van der Waals surface area contributed by atoms with Gasteiger partial charge < -0.3 is 9.42 Å². The Morgan fingerprint density at radius 1 is 1.29 bits per heavy atom. The van der Waals surface area contributed by atoms with E-state index < -0.39 is 0 Å². The van der Waals surface area contributed by atoms with Crippen molar-refractivity contribution in [3.05, 3.63) is 17.5 Å². The lowest BCUT2D eigenvalue weighted by atomic mass is 9.49. The number of hydrogen-bond acceptors (Lipinski definition) is 3. The number of rotatable bonds is 3. The number of aryl methyl sites for hydroxylation is 1. The van der Waals surface area contributed by atoms with Gasteiger partial charge in [-0.05, 0) is 63.2 Å². The lowest BCUT2D eigenvalue weighted by Gasteiger charge is -2.56. The largest absolute Gasteiger partial charge is 0.361 e. The third kappa shape index (κ3) is 2.19. The minimum Gasteiger partial charge on any atom is -0.361 e. The summed E-state index contributed by atoms with van der Waals surface area (Å²) in [6, 6.07) is 1.92. The molecule has 0 radical (unpaired) electrons. The van der Waals surface area contributed by atoms with Crippen LogP contribution in [0.1, 0.15) is 50.0 Å². The fourth-order valence-corrected chi connectivity index (χ4v) is 5.58. The summed E-state index contributed by atoms with van der Waals surface area (Å²) >= 11 is 0. The summed E-state index contributed by atoms with van der Waals surface area (Å²) in [6.45, 7) is 2.45. The SMILES string of the molecule is Cc1cc(CN(C)C(=O)C23CC4CC(CC(C4)C2)C3)no1. The maximum atomic E-state index is 13.1. The van der Waals surface area contributed by atoms with Crippen LogP contribution in [0.15, 0.2) is 10.6 Å². The van der Waals surface area contributed by atoms with E-state index in [1.54, 1.807) is 0 Å². The molecule has 4 bridgehead atoms. The molecule has 0 saturated heterocycles. The van der Waals surface area contributed by atoms with Gasteiger partial charge in [0.2, 0.25) is 5.91 Å². The van der Waals surface area contributed by atoms with E-state index in [4.69, 9.17) is 4.52 Å². The van der Waals surface area contributed by atoms with Gasteiger partial charge in [-0.15, -0.1) is 0 Å². The van der Waals surface area contributed by atoms with E-state index in [0.29, 0.717) is 12.5 Å². The molecule has 0 unspecified atom stereocenters. The van der Waals surface area contributed by atoms with E-state index in [1.165, 1.54) is 19.3 Å². The molecule has 1 amide bonds. The molecular formula is C17H24N2O2. The first-order valence-electron chi connectivity index (χ1n) is 8.22. The lowest BCUT2D eigenvalue weighted by molar-refractivity contribution is -0.156. The minimum absolute atomic E-state index is 0.0533. The summed E-state index contributed by atoms with van der Waals surface area (Å²) in [5, 5.41) is 4.02. The zero-order chi connectivity index (χ0) is 14.6. The Morgan fingerprint density at radius 2 is 1.86 bits per heavy atom. The van der Waals surface area contributed by atoms with Crippen LogP contribution in [0.25, 0.3) is 0 Å². The van der Waals surface area contributed by atoms with Crippen molar-refractivity contribution in [2.75, 3.05) is 7.05 Å². The van der Waals surface area contributed by atoms with Crippen molar-refractivity contribution in [3.63, 3.8) is 0 Å². The van der Waals surface area contributed by atoms with Gasteiger partial charge in [-0.3, -0.25) is 4.79 Å². The fourth-order valence-electron chi connectivity index (χ4n) is 5.58. The average molecular weight is 288 g/mol. The molecule has 4 aliphatic carbocycles. The number of nitrogens with zero attached hydrogens (tertiary/aromatic N) is 2. The summed E-state index contributed by atoms with van der Waals surface area (Å²) in [6.07, 6.45) is 7.50. The molecule has 4 aliphatic rings. The van der Waals surface area contributed by atoms with Crippen molar-refractivity contribution in [3.8, 4) is 0 Å². The van der Waals surface area contributed by atoms with E-state index in [0.717, 1.165) is 48.5 Å². The number of carbonyl (C=O) groups is 1. The summed E-state index contributed by atoms with van der Waals surface area (Å²) in [7, 11) is 1.92. The van der Waals surface area contributed by atoms with Crippen LogP contribution in [-0.4, -0.2) is 23.0 Å². The first kappa shape index (κ1) is 13.4. The normalized spacial score (nSPS) is 37.0. The Labute approximate surface area is 125 Å². The van der Waals surface area contributed by atoms with E-state index >= 15 is 0 Å². The second-order valence-corrected chi connectivity index (χ2v) is 7.79. The van der Waals surface area contributed by atoms with Gasteiger partial charge in [0.15, 0.2) is 0 Å². The van der Waals surface area contributed by atoms with Crippen molar-refractivity contribution >= 4 is 5.91 Å². The molecule has 0 spiro atoms. The molecule has 4 heteroatoms. The first-order valence-corrected chi connectivity index (χ1v) is 8.22. The molecule has 4 saturated carbocycles. The van der Waals surface area contributed by atoms with Crippen LogP contribution in [0.5, 0.6) is 0 Å². The monoisotopic (exact) mass is 288 g/mol. The van der Waals surface area contributed by atoms with E-state index in [-0.39, 0.29) is 5.41 Å². The van der Waals surface area contributed by atoms with Gasteiger partial charge in [0.25, 0.3) is 0 Å². The highest BCUT2D eigenvalue weighted by Crippen LogP contribution is 2.60. The Hall–Kier alpha value is -1.32. The molecule has 5 rings (SSSR count). The molecule has 0 aliphatic heterocycles. The zero-order valence-corrected chi connectivity index (χ0v) is 13.0. The van der Waals surface area contributed by atoms with E-state index in [2.05, 4.69) is 5.16 Å². The smallest absolute Gasteiger partial charge is 0.228 e. The second-order valence-electron chi connectivity index (χ2n) is 7.79. The third-order valence-corrected chi connectivity index (χ3v) is 5.91. The number of amides is 1. The highest BCUT2D eigenvalue weighted by Gasteiger charge is 2.55. The van der Waals surface area contributed by atoms with Crippen molar-refractivity contribution in [2.24, 2.45) is 23.2 Å². The fraction of sp³-hybridized carbons (Fsp3) is 0.765. The summed E-state index contributed by atoms with van der Waals surface area (Å²) in [5.41, 5.74) is 0.801. The molecular weight excluding hydrogens is 264 g/mol. The van der Waals surface area contributed by atoms with Gasteiger partial charge in [-0.1, -0.05) is 5.16 Å². The van der Waals surface area contributed by atoms with E-state index in [1.807, 2.05) is 24.9 Å². The van der Waals surface area contributed by atoms with Crippen LogP contribution in [0.3, 0.4) is 0 Å². The van der Waals surface area contributed by atoms with Crippen molar-refractivity contribution in [2.45, 2.75) is 52.0 Å². The average Bonchev–Trinajstić information content (AvgIpc) is 2.81. The quantitative estimate of drug-likeness (QED) is 0.858. The van der Waals surface area contributed by atoms with Crippen LogP contribution in [-0.2, 0) is 11.3 Å². The van der Waals surface area contributed by atoms with Gasteiger partial charge in [-0.25, -0.2) is 0 Å². The number of carbonyl (C=O) groups excluding carboxylic acids is 1. The molecule has 4 nitrogen and oxygen atoms in total. The predicted molar refractivity (Wildman–Crippen MR) is 78.3 cm³/mol. The maximum absolute atomic E-state index is 13.1. The van der Waals surface area contributed by atoms with Gasteiger partial charge in [0, 0.05) is 13.1 Å². The molecule has 1 aromatic rings. The minimum atomic E-state index is -0.0533. The van der Waals surface area contributed by atoms with Crippen LogP contribution in [0.2, 0.25) is 0 Å². The topological polar surface area (TPSA) is 46.3 Å². The molecule has 0 N–H and O–H groups in total. The summed E-state index contributed by atoms with van der Waals surface area (Å²) in [5.74, 6) is 3.58. The second kappa shape index (κ2) is 4.59. The standard InChI is InChI=1S/C17H24N2O2/c1-11-3-15(18-21-11)10-19(2)16(20)17-7-12-4-13(8-17)6-14(5-12)9-17/h3,12-14H,4-10H2,1-2H3. The van der Waals surface area contributed by atoms with Gasteiger partial charge in [0.1, 0.15) is 11.5 Å². The molecule has 4 fully saturated rings. The first-order chi connectivity index (χ1) is 10.0. The Morgan fingerprint density at radius 3 is 2.33 bits per heavy atom. The Balaban J connectivity index is 1.51. The van der Waals surface area contributed by atoms with Crippen LogP contribution >= 0.6 is 0 Å². The third-order valence-electron chi connectivity index (χ3n) is 5.91. The highest BCUT2D eigenvalue weighted by molar-refractivity contribution is 5.83. The van der Waals surface area contributed by atoms with Crippen molar-refractivity contribution in [1.82, 2.24) is 10.1 Å². The molecule has 0 aromatic carbocycles.